The highest BCUT2D eigenvalue weighted by Crippen LogP contribution is 2.35. The van der Waals surface area contributed by atoms with Gasteiger partial charge in [-0.3, -0.25) is 9.59 Å². The van der Waals surface area contributed by atoms with E-state index in [9.17, 15) is 14.0 Å². The number of para-hydroxylation sites is 1. The Balaban J connectivity index is 1.42. The van der Waals surface area contributed by atoms with Crippen LogP contribution in [0, 0.1) is 12.7 Å². The zero-order valence-electron chi connectivity index (χ0n) is 18.3. The molecule has 2 amide bonds. The number of carbonyl (C=O) groups excluding carboxylic acids is 2. The number of nitrogens with zero attached hydrogens (tertiary/aromatic N) is 1. The van der Waals surface area contributed by atoms with Crippen LogP contribution in [0.25, 0.3) is 0 Å². The smallest absolute Gasteiger partial charge is 0.260 e. The van der Waals surface area contributed by atoms with Crippen LogP contribution in [0.5, 0.6) is 0 Å². The quantitative estimate of drug-likeness (QED) is 0.341. The molecule has 2 heterocycles. The van der Waals surface area contributed by atoms with Crippen LogP contribution in [0.3, 0.4) is 0 Å². The van der Waals surface area contributed by atoms with E-state index in [-0.39, 0.29) is 16.8 Å². The largest absolute Gasteiger partial charge is 0.322 e. The predicted molar refractivity (Wildman–Crippen MR) is 135 cm³/mol. The molecule has 34 heavy (non-hydrogen) atoms. The normalized spacial score (nSPS) is 12.5. The summed E-state index contributed by atoms with van der Waals surface area (Å²) in [6.45, 7) is 2.14. The van der Waals surface area contributed by atoms with Crippen molar-refractivity contribution in [1.29, 1.82) is 0 Å². The average molecular weight is 491 g/mol. The molecule has 0 spiro atoms. The van der Waals surface area contributed by atoms with Crippen molar-refractivity contribution >= 4 is 46.1 Å². The van der Waals surface area contributed by atoms with Crippen LogP contribution in [-0.4, -0.2) is 11.8 Å². The van der Waals surface area contributed by atoms with Gasteiger partial charge in [0.15, 0.2) is 0 Å². The first-order valence-electron chi connectivity index (χ1n) is 10.7. The van der Waals surface area contributed by atoms with Crippen LogP contribution >= 0.6 is 22.9 Å². The molecule has 1 aliphatic rings. The summed E-state index contributed by atoms with van der Waals surface area (Å²) < 4.78 is 13.4. The van der Waals surface area contributed by atoms with E-state index in [0.717, 1.165) is 23.2 Å². The number of nitrogens with one attached hydrogen (secondary N) is 1. The number of aryl methyl sites for hydroxylation is 1. The van der Waals surface area contributed by atoms with E-state index >= 15 is 0 Å². The van der Waals surface area contributed by atoms with Crippen LogP contribution in [0.4, 0.5) is 15.8 Å². The number of hydrogen-bond donors (Lipinski definition) is 1. The van der Waals surface area contributed by atoms with Crippen molar-refractivity contribution in [3.8, 4) is 0 Å². The molecule has 1 aromatic heterocycles. The zero-order valence-corrected chi connectivity index (χ0v) is 19.8. The highest BCUT2D eigenvalue weighted by molar-refractivity contribution is 7.10. The molecule has 1 aliphatic heterocycles. The second-order valence-electron chi connectivity index (χ2n) is 8.17. The van der Waals surface area contributed by atoms with Gasteiger partial charge in [0.05, 0.1) is 17.1 Å². The summed E-state index contributed by atoms with van der Waals surface area (Å²) in [5.74, 6) is -0.979. The molecule has 7 heteroatoms. The van der Waals surface area contributed by atoms with Crippen LogP contribution in [-0.2, 0) is 13.0 Å². The maximum absolute atomic E-state index is 13.6. The maximum atomic E-state index is 13.6. The number of benzene rings is 3. The lowest BCUT2D eigenvalue weighted by Gasteiger charge is -2.24. The molecule has 1 N–H and O–H groups in total. The summed E-state index contributed by atoms with van der Waals surface area (Å²) in [5.41, 5.74) is 4.79. The molecule has 0 bridgehead atoms. The van der Waals surface area contributed by atoms with Crippen molar-refractivity contribution in [2.24, 2.45) is 0 Å². The lowest BCUT2D eigenvalue weighted by atomic mass is 10.1. The second-order valence-corrected chi connectivity index (χ2v) is 9.58. The highest BCUT2D eigenvalue weighted by Gasteiger charge is 2.27. The molecule has 5 rings (SSSR count). The van der Waals surface area contributed by atoms with Gasteiger partial charge in [-0.1, -0.05) is 29.8 Å². The van der Waals surface area contributed by atoms with E-state index in [1.165, 1.54) is 23.1 Å². The number of fused-ring (bicyclic) bond motifs is 2. The van der Waals surface area contributed by atoms with E-state index in [1.807, 2.05) is 24.3 Å². The van der Waals surface area contributed by atoms with Gasteiger partial charge < -0.3 is 10.2 Å². The Morgan fingerprint density at radius 3 is 2.59 bits per heavy atom. The summed E-state index contributed by atoms with van der Waals surface area (Å²) in [5, 5.41) is 5.06. The second kappa shape index (κ2) is 9.05. The van der Waals surface area contributed by atoms with Crippen molar-refractivity contribution in [2.45, 2.75) is 19.9 Å². The number of anilines is 2. The fraction of sp³-hybridized carbons (Fsp3) is 0.111. The monoisotopic (exact) mass is 490 g/mol. The van der Waals surface area contributed by atoms with Crippen LogP contribution in [0.15, 0.2) is 72.1 Å². The predicted octanol–water partition coefficient (Wildman–Crippen LogP) is 6.85. The average Bonchev–Trinajstić information content (AvgIpc) is 3.17. The van der Waals surface area contributed by atoms with Gasteiger partial charge in [-0.05, 0) is 77.5 Å². The molecular weight excluding hydrogens is 471 g/mol. The van der Waals surface area contributed by atoms with Gasteiger partial charge in [-0.15, -0.1) is 11.3 Å². The summed E-state index contributed by atoms with van der Waals surface area (Å²) in [7, 11) is 0. The Kier molecular flexibility index (Phi) is 5.94. The van der Waals surface area contributed by atoms with E-state index < -0.39 is 5.82 Å². The summed E-state index contributed by atoms with van der Waals surface area (Å²) in [4.78, 5) is 29.3. The topological polar surface area (TPSA) is 49.4 Å². The lowest BCUT2D eigenvalue weighted by molar-refractivity contribution is 0.0984. The minimum atomic E-state index is -0.399. The molecular formula is C27H20ClFN2O2S. The lowest BCUT2D eigenvalue weighted by Crippen LogP contribution is -2.30. The van der Waals surface area contributed by atoms with Crippen LogP contribution < -0.4 is 10.2 Å². The standard InChI is InChI=1S/C27H20ClFN2O2S/c1-16-12-19(29)6-8-21(16)26(32)30-20-7-9-22(23(28)14-20)27(33)31-15-18-10-11-34-25(18)13-17-4-2-3-5-24(17)31/h2-12,14H,13,15H2,1H3,(H,30,32). The molecule has 0 atom stereocenters. The zero-order chi connectivity index (χ0) is 23.8. The Labute approximate surface area is 205 Å². The van der Waals surface area contributed by atoms with Gasteiger partial charge in [0, 0.05) is 28.2 Å². The molecule has 4 aromatic rings. The molecule has 0 fully saturated rings. The first-order chi connectivity index (χ1) is 16.4. The Morgan fingerprint density at radius 2 is 1.79 bits per heavy atom. The molecule has 170 valence electrons. The van der Waals surface area contributed by atoms with Gasteiger partial charge in [-0.25, -0.2) is 4.39 Å². The Hall–Kier alpha value is -3.48. The van der Waals surface area contributed by atoms with E-state index in [0.29, 0.717) is 28.9 Å². The summed E-state index contributed by atoms with van der Waals surface area (Å²) >= 11 is 8.22. The third-order valence-electron chi connectivity index (χ3n) is 5.94. The third-order valence-corrected chi connectivity index (χ3v) is 7.21. The van der Waals surface area contributed by atoms with Crippen molar-refractivity contribution in [3.63, 3.8) is 0 Å². The van der Waals surface area contributed by atoms with Crippen LogP contribution in [0.1, 0.15) is 42.3 Å². The molecule has 0 saturated heterocycles. The number of halogens is 2. The summed E-state index contributed by atoms with van der Waals surface area (Å²) in [6.07, 6.45) is 0.786. The fourth-order valence-electron chi connectivity index (χ4n) is 4.19. The van der Waals surface area contributed by atoms with Gasteiger partial charge in [0.2, 0.25) is 0 Å². The van der Waals surface area contributed by atoms with E-state index in [4.69, 9.17) is 11.6 Å². The molecule has 4 nitrogen and oxygen atoms in total. The number of amides is 2. The SMILES string of the molecule is Cc1cc(F)ccc1C(=O)Nc1ccc(C(=O)N2Cc3ccsc3Cc3ccccc32)c(Cl)c1. The van der Waals surface area contributed by atoms with Crippen molar-refractivity contribution in [2.75, 3.05) is 10.2 Å². The molecule has 0 saturated carbocycles. The third kappa shape index (κ3) is 4.22. The molecule has 3 aromatic carbocycles. The maximum Gasteiger partial charge on any atom is 0.260 e. The number of thiophene rings is 1. The van der Waals surface area contributed by atoms with Crippen molar-refractivity contribution in [1.82, 2.24) is 0 Å². The van der Waals surface area contributed by atoms with Crippen LogP contribution in [0.2, 0.25) is 5.02 Å². The van der Waals surface area contributed by atoms with E-state index in [1.54, 1.807) is 41.4 Å². The highest BCUT2D eigenvalue weighted by atomic mass is 35.5. The minimum absolute atomic E-state index is 0.205. The first-order valence-corrected chi connectivity index (χ1v) is 12.0. The minimum Gasteiger partial charge on any atom is -0.322 e. The van der Waals surface area contributed by atoms with Crippen molar-refractivity contribution in [3.05, 3.63) is 116 Å². The summed E-state index contributed by atoms with van der Waals surface area (Å²) in [6, 6.07) is 18.8. The van der Waals surface area contributed by atoms with E-state index in [2.05, 4.69) is 16.8 Å². The van der Waals surface area contributed by atoms with Gasteiger partial charge in [0.1, 0.15) is 5.82 Å². The molecule has 0 radical (unpaired) electrons. The molecule has 0 aliphatic carbocycles. The van der Waals surface area contributed by atoms with Gasteiger partial charge in [-0.2, -0.15) is 0 Å². The number of rotatable bonds is 3. The fourth-order valence-corrected chi connectivity index (χ4v) is 5.37. The van der Waals surface area contributed by atoms with Gasteiger partial charge >= 0.3 is 0 Å². The Morgan fingerprint density at radius 1 is 1.00 bits per heavy atom. The Bertz CT molecular complexity index is 1430. The van der Waals surface area contributed by atoms with Crippen molar-refractivity contribution < 1.29 is 14.0 Å². The number of hydrogen-bond acceptors (Lipinski definition) is 3. The van der Waals surface area contributed by atoms with Gasteiger partial charge in [0.25, 0.3) is 11.8 Å². The first kappa shape index (κ1) is 22.3. The number of carbonyl (C=O) groups is 2. The molecule has 0 unspecified atom stereocenters.